The molecule has 2 heterocycles. The molecule has 128 valence electrons. The third-order valence-corrected chi connectivity index (χ3v) is 3.65. The molecule has 1 N–H and O–H groups in total. The van der Waals surface area contributed by atoms with Crippen molar-refractivity contribution < 1.29 is 19.3 Å². The highest BCUT2D eigenvalue weighted by Crippen LogP contribution is 2.35. The van der Waals surface area contributed by atoms with Gasteiger partial charge in [0.2, 0.25) is 12.6 Å². The van der Waals surface area contributed by atoms with Crippen LogP contribution in [0.15, 0.2) is 48.5 Å². The van der Waals surface area contributed by atoms with E-state index in [4.69, 9.17) is 14.2 Å². The number of hydrogen-bond acceptors (Lipinski definition) is 7. The molecule has 8 heteroatoms. The summed E-state index contributed by atoms with van der Waals surface area (Å²) in [5.41, 5.74) is 0.875. The van der Waals surface area contributed by atoms with E-state index in [1.807, 2.05) is 30.3 Å². The third-order valence-electron chi connectivity index (χ3n) is 3.65. The summed E-state index contributed by atoms with van der Waals surface area (Å²) in [5.74, 6) is 2.44. The lowest BCUT2D eigenvalue weighted by atomic mass is 10.2. The molecule has 4 rings (SSSR count). The van der Waals surface area contributed by atoms with Gasteiger partial charge in [0, 0.05) is 11.6 Å². The summed E-state index contributed by atoms with van der Waals surface area (Å²) in [6.45, 7) is 0.495. The van der Waals surface area contributed by atoms with Gasteiger partial charge in [0.1, 0.15) is 18.5 Å². The highest BCUT2D eigenvalue weighted by atomic mass is 16.7. The van der Waals surface area contributed by atoms with E-state index < -0.39 is 6.10 Å². The fourth-order valence-corrected chi connectivity index (χ4v) is 2.42. The lowest BCUT2D eigenvalue weighted by molar-refractivity contribution is 0.0848. The maximum Gasteiger partial charge on any atom is 0.231 e. The highest BCUT2D eigenvalue weighted by Gasteiger charge is 2.15. The van der Waals surface area contributed by atoms with Crippen LogP contribution in [0.1, 0.15) is 0 Å². The van der Waals surface area contributed by atoms with Crippen molar-refractivity contribution in [3.05, 3.63) is 48.5 Å². The van der Waals surface area contributed by atoms with Crippen molar-refractivity contribution in [2.24, 2.45) is 0 Å². The molecule has 0 saturated heterocycles. The van der Waals surface area contributed by atoms with E-state index in [-0.39, 0.29) is 19.9 Å². The second kappa shape index (κ2) is 6.78. The Balaban J connectivity index is 1.33. The number of benzene rings is 2. The summed E-state index contributed by atoms with van der Waals surface area (Å²) in [7, 11) is 0. The molecule has 0 bridgehead atoms. The van der Waals surface area contributed by atoms with E-state index in [1.54, 1.807) is 18.2 Å². The maximum atomic E-state index is 10.1. The molecule has 1 aromatic heterocycles. The first kappa shape index (κ1) is 15.4. The van der Waals surface area contributed by atoms with Crippen molar-refractivity contribution in [1.29, 1.82) is 0 Å². The van der Waals surface area contributed by atoms with Gasteiger partial charge in [0.05, 0.1) is 6.54 Å². The van der Waals surface area contributed by atoms with Crippen LogP contribution >= 0.6 is 0 Å². The zero-order valence-electron chi connectivity index (χ0n) is 13.3. The number of aliphatic hydroxyl groups excluding tert-OH is 1. The maximum absolute atomic E-state index is 10.1. The molecule has 0 radical (unpaired) electrons. The molecule has 0 amide bonds. The average Bonchev–Trinajstić information content (AvgIpc) is 3.29. The Bertz CT molecular complexity index is 853. The molecule has 0 unspecified atom stereocenters. The van der Waals surface area contributed by atoms with Gasteiger partial charge in [-0.25, -0.2) is 0 Å². The Labute approximate surface area is 143 Å². The minimum atomic E-state index is -0.775. The van der Waals surface area contributed by atoms with Crippen molar-refractivity contribution in [3.8, 4) is 28.6 Å². The van der Waals surface area contributed by atoms with E-state index in [0.717, 1.165) is 5.56 Å². The molecule has 25 heavy (non-hydrogen) atoms. The van der Waals surface area contributed by atoms with Gasteiger partial charge in [0.15, 0.2) is 11.5 Å². The summed E-state index contributed by atoms with van der Waals surface area (Å²) >= 11 is 0. The van der Waals surface area contributed by atoms with Gasteiger partial charge in [-0.2, -0.15) is 4.80 Å². The number of ether oxygens (including phenoxy) is 3. The first-order valence-corrected chi connectivity index (χ1v) is 7.82. The lowest BCUT2D eigenvalue weighted by Crippen LogP contribution is -2.24. The zero-order valence-corrected chi connectivity index (χ0v) is 13.3. The summed E-state index contributed by atoms with van der Waals surface area (Å²) in [5, 5.41) is 22.3. The van der Waals surface area contributed by atoms with E-state index in [9.17, 15) is 5.11 Å². The lowest BCUT2D eigenvalue weighted by Gasteiger charge is -2.11. The van der Waals surface area contributed by atoms with Gasteiger partial charge in [-0.3, -0.25) is 0 Å². The van der Waals surface area contributed by atoms with Crippen LogP contribution in [0.2, 0.25) is 0 Å². The summed E-state index contributed by atoms with van der Waals surface area (Å²) in [4.78, 5) is 1.36. The van der Waals surface area contributed by atoms with Crippen molar-refractivity contribution in [2.75, 3.05) is 13.4 Å². The number of rotatable bonds is 6. The second-order valence-electron chi connectivity index (χ2n) is 5.51. The van der Waals surface area contributed by atoms with Gasteiger partial charge in [0.25, 0.3) is 0 Å². The molecule has 3 aromatic rings. The average molecular weight is 340 g/mol. The van der Waals surface area contributed by atoms with Crippen molar-refractivity contribution in [1.82, 2.24) is 20.2 Å². The number of aliphatic hydroxyl groups is 1. The molecule has 1 aliphatic rings. The largest absolute Gasteiger partial charge is 0.491 e. The molecular weight excluding hydrogens is 324 g/mol. The van der Waals surface area contributed by atoms with Crippen LogP contribution in [-0.2, 0) is 6.54 Å². The number of aromatic nitrogens is 4. The molecule has 0 spiro atoms. The molecule has 0 aliphatic carbocycles. The first-order chi connectivity index (χ1) is 12.3. The van der Waals surface area contributed by atoms with Crippen LogP contribution in [0.5, 0.6) is 17.2 Å². The Morgan fingerprint density at radius 2 is 1.96 bits per heavy atom. The van der Waals surface area contributed by atoms with Gasteiger partial charge in [-0.05, 0) is 17.3 Å². The smallest absolute Gasteiger partial charge is 0.231 e. The van der Waals surface area contributed by atoms with E-state index >= 15 is 0 Å². The fraction of sp³-hybridized carbons (Fsp3) is 0.235. The number of fused-ring (bicyclic) bond motifs is 1. The molecule has 2 aromatic carbocycles. The molecule has 1 atom stereocenters. The highest BCUT2D eigenvalue weighted by molar-refractivity contribution is 5.53. The Kier molecular flexibility index (Phi) is 4.17. The summed E-state index contributed by atoms with van der Waals surface area (Å²) in [6.07, 6.45) is -0.775. The van der Waals surface area contributed by atoms with Crippen LogP contribution in [0.25, 0.3) is 11.4 Å². The van der Waals surface area contributed by atoms with Crippen LogP contribution in [-0.4, -0.2) is 44.8 Å². The predicted molar refractivity (Wildman–Crippen MR) is 87.3 cm³/mol. The predicted octanol–water partition coefficient (Wildman–Crippen LogP) is 1.51. The van der Waals surface area contributed by atoms with Gasteiger partial charge >= 0.3 is 0 Å². The van der Waals surface area contributed by atoms with Crippen LogP contribution in [0, 0.1) is 0 Å². The fourth-order valence-electron chi connectivity index (χ4n) is 2.42. The summed E-state index contributed by atoms with van der Waals surface area (Å²) in [6, 6.07) is 14.8. The minimum Gasteiger partial charge on any atom is -0.491 e. The van der Waals surface area contributed by atoms with Crippen molar-refractivity contribution in [2.45, 2.75) is 12.6 Å². The Morgan fingerprint density at radius 3 is 2.84 bits per heavy atom. The molecule has 1 aliphatic heterocycles. The summed E-state index contributed by atoms with van der Waals surface area (Å²) < 4.78 is 16.1. The normalized spacial score (nSPS) is 13.6. The number of tetrazole rings is 1. The molecule has 0 fully saturated rings. The Hall–Kier alpha value is -3.13. The Morgan fingerprint density at radius 1 is 1.12 bits per heavy atom. The molecule has 0 saturated carbocycles. The minimum absolute atomic E-state index is 0.0991. The quantitative estimate of drug-likeness (QED) is 0.727. The van der Waals surface area contributed by atoms with Crippen molar-refractivity contribution >= 4 is 0 Å². The molecular formula is C17H16N4O4. The van der Waals surface area contributed by atoms with E-state index in [0.29, 0.717) is 23.1 Å². The van der Waals surface area contributed by atoms with Crippen LogP contribution in [0.4, 0.5) is 0 Å². The molecule has 8 nitrogen and oxygen atoms in total. The number of nitrogens with zero attached hydrogens (tertiary/aromatic N) is 4. The zero-order chi connectivity index (χ0) is 17.1. The van der Waals surface area contributed by atoms with E-state index in [2.05, 4.69) is 15.4 Å². The SMILES string of the molecule is O[C@H](COc1ccc2c(c1)OCO2)Cn1nnc(-c2ccccc2)n1. The van der Waals surface area contributed by atoms with Crippen LogP contribution < -0.4 is 14.2 Å². The monoisotopic (exact) mass is 340 g/mol. The van der Waals surface area contributed by atoms with Gasteiger partial charge in [-0.1, -0.05) is 30.3 Å². The van der Waals surface area contributed by atoms with Gasteiger partial charge in [-0.15, -0.1) is 10.2 Å². The van der Waals surface area contributed by atoms with E-state index in [1.165, 1.54) is 4.80 Å². The van der Waals surface area contributed by atoms with Gasteiger partial charge < -0.3 is 19.3 Å². The number of hydrogen-bond donors (Lipinski definition) is 1. The van der Waals surface area contributed by atoms with Crippen LogP contribution in [0.3, 0.4) is 0 Å². The van der Waals surface area contributed by atoms with Crippen molar-refractivity contribution in [3.63, 3.8) is 0 Å². The third kappa shape index (κ3) is 3.53. The first-order valence-electron chi connectivity index (χ1n) is 7.82. The standard InChI is InChI=1S/C17H16N4O4/c22-13(10-23-14-6-7-15-16(8-14)25-11-24-15)9-21-19-17(18-20-21)12-4-2-1-3-5-12/h1-8,13,22H,9-11H2/t13-/m0/s1. The second-order valence-corrected chi connectivity index (χ2v) is 5.51. The topological polar surface area (TPSA) is 91.5 Å².